The van der Waals surface area contributed by atoms with Crippen LogP contribution in [0, 0.1) is 0 Å². The lowest BCUT2D eigenvalue weighted by molar-refractivity contribution is 0.328. The van der Waals surface area contributed by atoms with E-state index in [1.54, 1.807) is 12.1 Å². The van der Waals surface area contributed by atoms with Gasteiger partial charge >= 0.3 is 0 Å². The average molecular weight is 308 g/mol. The number of hydrogen-bond donors (Lipinski definition) is 3. The number of phenols is 2. The Bertz CT molecular complexity index is 820. The smallest absolute Gasteiger partial charge is 0.119 e. The Morgan fingerprint density at radius 1 is 1.09 bits per heavy atom. The Labute approximate surface area is 135 Å². The van der Waals surface area contributed by atoms with Crippen molar-refractivity contribution in [3.63, 3.8) is 0 Å². The summed E-state index contributed by atoms with van der Waals surface area (Å²) in [6.45, 7) is 2.90. The van der Waals surface area contributed by atoms with E-state index in [0.29, 0.717) is 5.92 Å². The van der Waals surface area contributed by atoms with Crippen molar-refractivity contribution in [1.29, 1.82) is 0 Å². The van der Waals surface area contributed by atoms with Gasteiger partial charge in [0.25, 0.3) is 0 Å². The zero-order valence-electron chi connectivity index (χ0n) is 12.9. The molecule has 0 spiro atoms. The molecule has 3 aromatic rings. The van der Waals surface area contributed by atoms with Crippen LogP contribution in [0.4, 0.5) is 0 Å². The molecule has 0 saturated carbocycles. The van der Waals surface area contributed by atoms with E-state index in [0.717, 1.165) is 31.6 Å². The Hall–Kier alpha value is -2.46. The lowest BCUT2D eigenvalue weighted by Crippen LogP contribution is -2.19. The molecular formula is C19H20N2O2. The summed E-state index contributed by atoms with van der Waals surface area (Å²) in [6.07, 6.45) is 3.14. The maximum absolute atomic E-state index is 9.67. The summed E-state index contributed by atoms with van der Waals surface area (Å²) in [5.41, 5.74) is 3.51. The van der Waals surface area contributed by atoms with E-state index in [1.165, 1.54) is 22.5 Å². The van der Waals surface area contributed by atoms with Gasteiger partial charge in [0.15, 0.2) is 0 Å². The molecule has 4 heteroatoms. The maximum Gasteiger partial charge on any atom is 0.119 e. The molecule has 1 unspecified atom stereocenters. The third kappa shape index (κ3) is 2.78. The van der Waals surface area contributed by atoms with Gasteiger partial charge in [0.05, 0.1) is 0 Å². The number of fused-ring (bicyclic) bond motifs is 1. The predicted octanol–water partition coefficient (Wildman–Crippen LogP) is 3.57. The number of likely N-dealkylation sites (tertiary alicyclic amines) is 1. The molecule has 2 aromatic carbocycles. The highest BCUT2D eigenvalue weighted by Crippen LogP contribution is 2.33. The van der Waals surface area contributed by atoms with Gasteiger partial charge in [0.1, 0.15) is 11.5 Å². The zero-order valence-corrected chi connectivity index (χ0v) is 12.9. The number of nitrogens with one attached hydrogen (secondary N) is 1. The Morgan fingerprint density at radius 3 is 2.70 bits per heavy atom. The topological polar surface area (TPSA) is 59.5 Å². The number of phenolic OH excluding ortho intramolecular Hbond substituents is 2. The monoisotopic (exact) mass is 308 g/mol. The Kier molecular flexibility index (Phi) is 3.46. The largest absolute Gasteiger partial charge is 0.508 e. The normalized spacial score (nSPS) is 18.7. The van der Waals surface area contributed by atoms with Gasteiger partial charge < -0.3 is 15.2 Å². The summed E-state index contributed by atoms with van der Waals surface area (Å²) in [7, 11) is 0. The van der Waals surface area contributed by atoms with Gasteiger partial charge in [-0.2, -0.15) is 0 Å². The molecule has 118 valence electrons. The molecule has 0 aliphatic carbocycles. The first-order valence-electron chi connectivity index (χ1n) is 7.99. The third-order valence-corrected chi connectivity index (χ3v) is 4.74. The predicted molar refractivity (Wildman–Crippen MR) is 90.7 cm³/mol. The molecule has 0 radical (unpaired) electrons. The second-order valence-electron chi connectivity index (χ2n) is 6.36. The number of rotatable bonds is 3. The molecule has 4 rings (SSSR count). The van der Waals surface area contributed by atoms with Crippen molar-refractivity contribution < 1.29 is 10.2 Å². The summed E-state index contributed by atoms with van der Waals surface area (Å²) in [4.78, 5) is 5.76. The summed E-state index contributed by atoms with van der Waals surface area (Å²) >= 11 is 0. The van der Waals surface area contributed by atoms with E-state index in [-0.39, 0.29) is 11.5 Å². The van der Waals surface area contributed by atoms with Gasteiger partial charge in [0, 0.05) is 36.3 Å². The molecule has 4 nitrogen and oxygen atoms in total. The van der Waals surface area contributed by atoms with E-state index in [4.69, 9.17) is 0 Å². The second-order valence-corrected chi connectivity index (χ2v) is 6.36. The van der Waals surface area contributed by atoms with Crippen LogP contribution in [0.25, 0.3) is 10.9 Å². The first-order valence-corrected chi connectivity index (χ1v) is 7.99. The lowest BCUT2D eigenvalue weighted by atomic mass is 9.98. The van der Waals surface area contributed by atoms with Crippen LogP contribution < -0.4 is 0 Å². The van der Waals surface area contributed by atoms with Crippen molar-refractivity contribution in [3.8, 4) is 11.5 Å². The van der Waals surface area contributed by atoms with E-state index < -0.39 is 0 Å². The number of nitrogens with zero attached hydrogens (tertiary/aromatic N) is 1. The standard InChI is InChI=1S/C19H20N2O2/c22-16-7-14(8-17(23)9-16)13-5-6-21(11-13)12-15-10-20-19-4-2-1-3-18(15)19/h1-4,7-10,13,20,22-23H,5-6,11-12H2. The first-order chi connectivity index (χ1) is 11.2. The number of aromatic nitrogens is 1. The van der Waals surface area contributed by atoms with Crippen molar-refractivity contribution in [3.05, 3.63) is 59.8 Å². The third-order valence-electron chi connectivity index (χ3n) is 4.74. The van der Waals surface area contributed by atoms with Gasteiger partial charge in [-0.25, -0.2) is 0 Å². The maximum atomic E-state index is 9.67. The molecular weight excluding hydrogens is 288 g/mol. The quantitative estimate of drug-likeness (QED) is 0.693. The van der Waals surface area contributed by atoms with Crippen molar-refractivity contribution in [1.82, 2.24) is 9.88 Å². The molecule has 1 aromatic heterocycles. The number of aromatic amines is 1. The highest BCUT2D eigenvalue weighted by Gasteiger charge is 2.25. The lowest BCUT2D eigenvalue weighted by Gasteiger charge is -2.16. The highest BCUT2D eigenvalue weighted by atomic mass is 16.3. The number of benzene rings is 2. The second kappa shape index (κ2) is 5.63. The van der Waals surface area contributed by atoms with E-state index >= 15 is 0 Å². The minimum Gasteiger partial charge on any atom is -0.508 e. The van der Waals surface area contributed by atoms with Gasteiger partial charge in [-0.05, 0) is 48.2 Å². The van der Waals surface area contributed by atoms with Crippen molar-refractivity contribution in [2.24, 2.45) is 0 Å². The Balaban J connectivity index is 1.50. The molecule has 0 bridgehead atoms. The molecule has 2 heterocycles. The van der Waals surface area contributed by atoms with Gasteiger partial charge in [0.2, 0.25) is 0 Å². The molecule has 1 saturated heterocycles. The number of hydrogen-bond acceptors (Lipinski definition) is 3. The average Bonchev–Trinajstić information content (AvgIpc) is 3.15. The van der Waals surface area contributed by atoms with E-state index in [1.807, 2.05) is 6.07 Å². The summed E-state index contributed by atoms with van der Waals surface area (Å²) in [6, 6.07) is 13.3. The molecule has 23 heavy (non-hydrogen) atoms. The van der Waals surface area contributed by atoms with Crippen LogP contribution in [0.3, 0.4) is 0 Å². The van der Waals surface area contributed by atoms with E-state index in [2.05, 4.69) is 34.3 Å². The van der Waals surface area contributed by atoms with Gasteiger partial charge in [-0.15, -0.1) is 0 Å². The number of para-hydroxylation sites is 1. The van der Waals surface area contributed by atoms with Crippen molar-refractivity contribution in [2.45, 2.75) is 18.9 Å². The number of H-pyrrole nitrogens is 1. The van der Waals surface area contributed by atoms with Crippen LogP contribution in [-0.4, -0.2) is 33.2 Å². The van der Waals surface area contributed by atoms with Gasteiger partial charge in [-0.3, -0.25) is 4.90 Å². The molecule has 1 aliphatic heterocycles. The molecule has 1 fully saturated rings. The summed E-state index contributed by atoms with van der Waals surface area (Å²) in [5.74, 6) is 0.628. The minimum absolute atomic E-state index is 0.134. The van der Waals surface area contributed by atoms with Crippen molar-refractivity contribution >= 4 is 10.9 Å². The number of aromatic hydroxyl groups is 2. The van der Waals surface area contributed by atoms with Crippen LogP contribution in [0.1, 0.15) is 23.5 Å². The molecule has 3 N–H and O–H groups in total. The summed E-state index contributed by atoms with van der Waals surface area (Å²) < 4.78 is 0. The van der Waals surface area contributed by atoms with Crippen LogP contribution in [0.2, 0.25) is 0 Å². The molecule has 1 aliphatic rings. The Morgan fingerprint density at radius 2 is 1.87 bits per heavy atom. The molecule has 1 atom stereocenters. The van der Waals surface area contributed by atoms with Crippen LogP contribution in [0.5, 0.6) is 11.5 Å². The van der Waals surface area contributed by atoms with Crippen LogP contribution in [-0.2, 0) is 6.54 Å². The van der Waals surface area contributed by atoms with Gasteiger partial charge in [-0.1, -0.05) is 18.2 Å². The highest BCUT2D eigenvalue weighted by molar-refractivity contribution is 5.82. The minimum atomic E-state index is 0.134. The van der Waals surface area contributed by atoms with Crippen LogP contribution >= 0.6 is 0 Å². The zero-order chi connectivity index (χ0) is 15.8. The molecule has 0 amide bonds. The van der Waals surface area contributed by atoms with Crippen LogP contribution in [0.15, 0.2) is 48.7 Å². The summed E-state index contributed by atoms with van der Waals surface area (Å²) in [5, 5.41) is 20.6. The van der Waals surface area contributed by atoms with Crippen molar-refractivity contribution in [2.75, 3.05) is 13.1 Å². The fourth-order valence-electron chi connectivity index (χ4n) is 3.61. The van der Waals surface area contributed by atoms with E-state index in [9.17, 15) is 10.2 Å². The first kappa shape index (κ1) is 14.2. The fraction of sp³-hybridized carbons (Fsp3) is 0.263. The fourth-order valence-corrected chi connectivity index (χ4v) is 3.61. The SMILES string of the molecule is Oc1cc(O)cc(C2CCN(Cc3c[nH]c4ccccc34)C2)c1.